The summed E-state index contributed by atoms with van der Waals surface area (Å²) >= 11 is 2.04. The van der Waals surface area contributed by atoms with Gasteiger partial charge in [0.2, 0.25) is 0 Å². The van der Waals surface area contributed by atoms with E-state index >= 15 is 0 Å². The van der Waals surface area contributed by atoms with Crippen molar-refractivity contribution in [3.8, 4) is 0 Å². The minimum Gasteiger partial charge on any atom is -0.409 e. The molecule has 4 nitrogen and oxygen atoms in total. The van der Waals surface area contributed by atoms with Crippen molar-refractivity contribution in [2.24, 2.45) is 10.9 Å². The van der Waals surface area contributed by atoms with E-state index in [-0.39, 0.29) is 5.84 Å². The van der Waals surface area contributed by atoms with E-state index < -0.39 is 0 Å². The number of oxime groups is 1. The van der Waals surface area contributed by atoms with Crippen LogP contribution in [0.5, 0.6) is 0 Å². The van der Waals surface area contributed by atoms with Gasteiger partial charge in [0.25, 0.3) is 0 Å². The molecule has 1 saturated heterocycles. The van der Waals surface area contributed by atoms with Gasteiger partial charge in [-0.05, 0) is 42.8 Å². The number of nitrogens with two attached hydrogens (primary N) is 1. The van der Waals surface area contributed by atoms with Crippen molar-refractivity contribution < 1.29 is 5.21 Å². The van der Waals surface area contributed by atoms with Crippen molar-refractivity contribution >= 4 is 17.6 Å². The number of hydrogen-bond donors (Lipinski definition) is 2. The molecule has 1 aromatic carbocycles. The Hall–Kier alpha value is -1.20. The molecule has 3 N–H and O–H groups in total. The van der Waals surface area contributed by atoms with Crippen LogP contribution in [0.2, 0.25) is 0 Å². The second kappa shape index (κ2) is 6.82. The predicted octanol–water partition coefficient (Wildman–Crippen LogP) is 2.03. The third kappa shape index (κ3) is 3.88. The number of thioether (sulfide) groups is 1. The van der Waals surface area contributed by atoms with Crippen molar-refractivity contribution in [2.75, 3.05) is 24.6 Å². The summed E-state index contributed by atoms with van der Waals surface area (Å²) in [6.07, 6.45) is 1.27. The van der Waals surface area contributed by atoms with Gasteiger partial charge in [-0.3, -0.25) is 4.90 Å². The standard InChI is InChI=1S/C14H21N3OS/c1-11-9-12(14(15)16-18)3-4-13(11)10-17-5-2-7-19-8-6-17/h3-4,9,18H,2,5-8,10H2,1H3,(H2,15,16). The quantitative estimate of drug-likeness (QED) is 0.385. The van der Waals surface area contributed by atoms with E-state index in [9.17, 15) is 0 Å². The molecular formula is C14H21N3OS. The first-order valence-corrected chi connectivity index (χ1v) is 7.73. The van der Waals surface area contributed by atoms with Gasteiger partial charge in [0.15, 0.2) is 5.84 Å². The van der Waals surface area contributed by atoms with Gasteiger partial charge in [0.1, 0.15) is 0 Å². The van der Waals surface area contributed by atoms with Crippen LogP contribution in [0.4, 0.5) is 0 Å². The van der Waals surface area contributed by atoms with Crippen molar-refractivity contribution in [3.05, 3.63) is 34.9 Å². The zero-order chi connectivity index (χ0) is 13.7. The molecule has 0 radical (unpaired) electrons. The maximum absolute atomic E-state index is 8.69. The lowest BCUT2D eigenvalue weighted by molar-refractivity contribution is 0.287. The molecule has 0 amide bonds. The summed E-state index contributed by atoms with van der Waals surface area (Å²) in [5.74, 6) is 2.67. The summed E-state index contributed by atoms with van der Waals surface area (Å²) in [5.41, 5.74) is 8.89. The van der Waals surface area contributed by atoms with Gasteiger partial charge < -0.3 is 10.9 Å². The van der Waals surface area contributed by atoms with E-state index in [1.165, 1.54) is 35.6 Å². The molecule has 5 heteroatoms. The molecule has 1 aliphatic rings. The summed E-state index contributed by atoms with van der Waals surface area (Å²) < 4.78 is 0. The minimum absolute atomic E-state index is 0.167. The lowest BCUT2D eigenvalue weighted by atomic mass is 10.0. The average Bonchev–Trinajstić information content (AvgIpc) is 2.68. The highest BCUT2D eigenvalue weighted by Gasteiger charge is 2.11. The summed E-state index contributed by atoms with van der Waals surface area (Å²) in [6, 6.07) is 5.99. The molecule has 1 aromatic rings. The third-order valence-corrected chi connectivity index (χ3v) is 4.50. The van der Waals surface area contributed by atoms with E-state index in [0.717, 1.165) is 18.7 Å². The second-order valence-corrected chi connectivity index (χ2v) is 6.09. The van der Waals surface area contributed by atoms with Gasteiger partial charge >= 0.3 is 0 Å². The van der Waals surface area contributed by atoms with Gasteiger partial charge in [-0.15, -0.1) is 0 Å². The van der Waals surface area contributed by atoms with Gasteiger partial charge in [0, 0.05) is 24.4 Å². The fourth-order valence-corrected chi connectivity index (χ4v) is 3.21. The van der Waals surface area contributed by atoms with Crippen LogP contribution in [0, 0.1) is 6.92 Å². The van der Waals surface area contributed by atoms with Crippen molar-refractivity contribution in [3.63, 3.8) is 0 Å². The molecule has 1 heterocycles. The third-order valence-electron chi connectivity index (χ3n) is 3.45. The Morgan fingerprint density at radius 3 is 3.00 bits per heavy atom. The minimum atomic E-state index is 0.167. The molecule has 0 saturated carbocycles. The van der Waals surface area contributed by atoms with Gasteiger partial charge in [0.05, 0.1) is 0 Å². The Morgan fingerprint density at radius 1 is 1.42 bits per heavy atom. The summed E-state index contributed by atoms with van der Waals surface area (Å²) in [5, 5.41) is 11.7. The van der Waals surface area contributed by atoms with Gasteiger partial charge in [-0.25, -0.2) is 0 Å². The predicted molar refractivity (Wildman–Crippen MR) is 80.9 cm³/mol. The average molecular weight is 279 g/mol. The SMILES string of the molecule is Cc1cc(/C(N)=N/O)ccc1CN1CCCSCC1. The largest absolute Gasteiger partial charge is 0.409 e. The highest BCUT2D eigenvalue weighted by molar-refractivity contribution is 7.99. The van der Waals surface area contributed by atoms with E-state index in [2.05, 4.69) is 23.0 Å². The number of rotatable bonds is 3. The maximum Gasteiger partial charge on any atom is 0.170 e. The molecule has 0 atom stereocenters. The summed E-state index contributed by atoms with van der Waals surface area (Å²) in [7, 11) is 0. The molecule has 1 fully saturated rings. The van der Waals surface area contributed by atoms with Crippen LogP contribution in [0.3, 0.4) is 0 Å². The molecule has 0 aliphatic carbocycles. The van der Waals surface area contributed by atoms with Crippen LogP contribution >= 0.6 is 11.8 Å². The Bertz CT molecular complexity index is 454. The molecule has 1 aliphatic heterocycles. The fourth-order valence-electron chi connectivity index (χ4n) is 2.29. The Kier molecular flexibility index (Phi) is 5.10. The van der Waals surface area contributed by atoms with Gasteiger partial charge in [-0.1, -0.05) is 17.3 Å². The lowest BCUT2D eigenvalue weighted by Crippen LogP contribution is -2.26. The van der Waals surface area contributed by atoms with Crippen LogP contribution in [-0.2, 0) is 6.54 Å². The van der Waals surface area contributed by atoms with Crippen molar-refractivity contribution in [1.82, 2.24) is 4.90 Å². The first-order chi connectivity index (χ1) is 9.20. The monoisotopic (exact) mass is 279 g/mol. The number of benzene rings is 1. The zero-order valence-electron chi connectivity index (χ0n) is 11.3. The molecule has 19 heavy (non-hydrogen) atoms. The molecule has 0 unspecified atom stereocenters. The van der Waals surface area contributed by atoms with Crippen molar-refractivity contribution in [1.29, 1.82) is 0 Å². The fraction of sp³-hybridized carbons (Fsp3) is 0.500. The number of nitrogens with zero attached hydrogens (tertiary/aromatic N) is 2. The first-order valence-electron chi connectivity index (χ1n) is 6.58. The number of aryl methyl sites for hydroxylation is 1. The van der Waals surface area contributed by atoms with E-state index in [1.54, 1.807) is 0 Å². The molecule has 0 aromatic heterocycles. The number of hydrogen-bond acceptors (Lipinski definition) is 4. The number of amidine groups is 1. The topological polar surface area (TPSA) is 61.9 Å². The normalized spacial score (nSPS) is 18.3. The highest BCUT2D eigenvalue weighted by Crippen LogP contribution is 2.16. The maximum atomic E-state index is 8.69. The second-order valence-electron chi connectivity index (χ2n) is 4.87. The van der Waals surface area contributed by atoms with Crippen LogP contribution < -0.4 is 5.73 Å². The first kappa shape index (κ1) is 14.2. The van der Waals surface area contributed by atoms with Crippen LogP contribution in [-0.4, -0.2) is 40.5 Å². The zero-order valence-corrected chi connectivity index (χ0v) is 12.1. The molecule has 0 bridgehead atoms. The highest BCUT2D eigenvalue weighted by atomic mass is 32.2. The van der Waals surface area contributed by atoms with Crippen molar-refractivity contribution in [2.45, 2.75) is 19.9 Å². The van der Waals surface area contributed by atoms with Gasteiger partial charge in [-0.2, -0.15) is 11.8 Å². The lowest BCUT2D eigenvalue weighted by Gasteiger charge is -2.20. The van der Waals surface area contributed by atoms with Crippen LogP contribution in [0.15, 0.2) is 23.4 Å². The van der Waals surface area contributed by atoms with E-state index in [4.69, 9.17) is 10.9 Å². The Labute approximate surface area is 118 Å². The van der Waals surface area contributed by atoms with Crippen LogP contribution in [0.25, 0.3) is 0 Å². The molecule has 2 rings (SSSR count). The van der Waals surface area contributed by atoms with E-state index in [1.807, 2.05) is 23.9 Å². The molecular weight excluding hydrogens is 258 g/mol. The molecule has 104 valence electrons. The summed E-state index contributed by atoms with van der Waals surface area (Å²) in [4.78, 5) is 2.51. The van der Waals surface area contributed by atoms with Crippen LogP contribution in [0.1, 0.15) is 23.1 Å². The Balaban J connectivity index is 2.08. The summed E-state index contributed by atoms with van der Waals surface area (Å²) in [6.45, 7) is 5.40. The smallest absolute Gasteiger partial charge is 0.170 e. The van der Waals surface area contributed by atoms with E-state index in [0.29, 0.717) is 0 Å². The molecule has 0 spiro atoms. The Morgan fingerprint density at radius 2 is 2.26 bits per heavy atom.